The first kappa shape index (κ1) is 20.0. The van der Waals surface area contributed by atoms with Gasteiger partial charge in [-0.2, -0.15) is 0 Å². The summed E-state index contributed by atoms with van der Waals surface area (Å²) in [6.45, 7) is 3.82. The largest absolute Gasteiger partial charge is 0.756 e. The van der Waals surface area contributed by atoms with Gasteiger partial charge in [0.25, 0.3) is 7.82 Å². The molecule has 0 aliphatic rings. The minimum Gasteiger partial charge on any atom is -0.756 e. The lowest BCUT2D eigenvalue weighted by Gasteiger charge is -2.27. The molecule has 0 bridgehead atoms. The van der Waals surface area contributed by atoms with E-state index in [-0.39, 0.29) is 19.8 Å². The highest BCUT2D eigenvalue weighted by Crippen LogP contribution is 2.37. The van der Waals surface area contributed by atoms with Crippen molar-refractivity contribution in [2.75, 3.05) is 54.1 Å². The Morgan fingerprint density at radius 1 is 0.950 bits per heavy atom. The van der Waals surface area contributed by atoms with Crippen LogP contribution in [-0.2, 0) is 18.3 Å². The van der Waals surface area contributed by atoms with Gasteiger partial charge >= 0.3 is 0 Å². The second kappa shape index (κ2) is 10.7. The Bertz CT molecular complexity index is 280. The molecule has 0 saturated carbocycles. The molecule has 0 amide bonds. The normalized spacial score (nSPS) is 15.2. The summed E-state index contributed by atoms with van der Waals surface area (Å²) in [6, 6.07) is 0. The number of phosphoric acid groups is 1. The lowest BCUT2D eigenvalue weighted by molar-refractivity contribution is -0.870. The van der Waals surface area contributed by atoms with Gasteiger partial charge in [-0.3, -0.25) is 4.57 Å². The molecule has 1 atom stereocenters. The van der Waals surface area contributed by atoms with Crippen molar-refractivity contribution in [3.8, 4) is 0 Å². The molecule has 0 aromatic carbocycles. The zero-order valence-electron chi connectivity index (χ0n) is 13.3. The van der Waals surface area contributed by atoms with Crippen LogP contribution < -0.4 is 4.89 Å². The average Bonchev–Trinajstić information content (AvgIpc) is 2.30. The van der Waals surface area contributed by atoms with E-state index in [2.05, 4.69) is 6.92 Å². The third kappa shape index (κ3) is 14.4. The summed E-state index contributed by atoms with van der Waals surface area (Å²) < 4.78 is 26.8. The van der Waals surface area contributed by atoms with Crippen molar-refractivity contribution in [2.24, 2.45) is 0 Å². The standard InChI is InChI=1S/C13H30NO5P/c1-5-6-7-8-10-17-12-13-19-20(15,16)18-11-9-14(2,3)4/h5-13H2,1-4H3. The van der Waals surface area contributed by atoms with Crippen molar-refractivity contribution in [1.82, 2.24) is 0 Å². The summed E-state index contributed by atoms with van der Waals surface area (Å²) in [5.41, 5.74) is 0. The third-order valence-electron chi connectivity index (χ3n) is 2.63. The molecule has 122 valence electrons. The van der Waals surface area contributed by atoms with Crippen molar-refractivity contribution in [3.05, 3.63) is 0 Å². The number of rotatable bonds is 13. The predicted octanol–water partition coefficient (Wildman–Crippen LogP) is 1.79. The maximum Gasteiger partial charge on any atom is 0.268 e. The van der Waals surface area contributed by atoms with E-state index >= 15 is 0 Å². The number of phosphoric ester groups is 1. The smallest absolute Gasteiger partial charge is 0.268 e. The highest BCUT2D eigenvalue weighted by molar-refractivity contribution is 7.45. The van der Waals surface area contributed by atoms with Crippen LogP contribution in [0.25, 0.3) is 0 Å². The summed E-state index contributed by atoms with van der Waals surface area (Å²) in [6.07, 6.45) is 4.54. The number of ether oxygens (including phenoxy) is 1. The van der Waals surface area contributed by atoms with Crippen LogP contribution in [0.3, 0.4) is 0 Å². The Morgan fingerprint density at radius 2 is 1.60 bits per heavy atom. The van der Waals surface area contributed by atoms with Gasteiger partial charge in [-0.25, -0.2) is 0 Å². The maximum atomic E-state index is 11.4. The molecule has 0 N–H and O–H groups in total. The van der Waals surface area contributed by atoms with Crippen LogP contribution >= 0.6 is 7.82 Å². The number of hydrogen-bond acceptors (Lipinski definition) is 5. The Balaban J connectivity index is 3.50. The van der Waals surface area contributed by atoms with Crippen molar-refractivity contribution in [3.63, 3.8) is 0 Å². The highest BCUT2D eigenvalue weighted by atomic mass is 31.2. The molecule has 0 rings (SSSR count). The van der Waals surface area contributed by atoms with Gasteiger partial charge in [0.2, 0.25) is 0 Å². The van der Waals surface area contributed by atoms with Crippen molar-refractivity contribution < 1.29 is 27.7 Å². The fraction of sp³-hybridized carbons (Fsp3) is 1.00. The van der Waals surface area contributed by atoms with Crippen LogP contribution in [0.4, 0.5) is 0 Å². The van der Waals surface area contributed by atoms with E-state index < -0.39 is 7.82 Å². The minimum atomic E-state index is -4.18. The first-order valence-corrected chi connectivity index (χ1v) is 8.71. The van der Waals surface area contributed by atoms with Crippen LogP contribution in [0.1, 0.15) is 32.6 Å². The summed E-state index contributed by atoms with van der Waals surface area (Å²) in [5.74, 6) is 0. The lowest BCUT2D eigenvalue weighted by atomic mass is 10.2. The van der Waals surface area contributed by atoms with Crippen molar-refractivity contribution in [1.29, 1.82) is 0 Å². The number of unbranched alkanes of at least 4 members (excludes halogenated alkanes) is 3. The molecular formula is C13H30NO5P. The monoisotopic (exact) mass is 311 g/mol. The van der Waals surface area contributed by atoms with Gasteiger partial charge in [0.05, 0.1) is 34.4 Å². The van der Waals surface area contributed by atoms with E-state index in [4.69, 9.17) is 13.8 Å². The number of nitrogens with zero attached hydrogens (tertiary/aromatic N) is 1. The molecule has 0 radical (unpaired) electrons. The van der Waals surface area contributed by atoms with E-state index in [1.165, 1.54) is 12.8 Å². The highest BCUT2D eigenvalue weighted by Gasteiger charge is 2.12. The van der Waals surface area contributed by atoms with Crippen LogP contribution in [0.2, 0.25) is 0 Å². The first-order valence-electron chi connectivity index (χ1n) is 7.25. The fourth-order valence-electron chi connectivity index (χ4n) is 1.40. The quantitative estimate of drug-likeness (QED) is 0.295. The molecule has 0 aromatic rings. The summed E-state index contributed by atoms with van der Waals surface area (Å²) in [4.78, 5) is 11.4. The topological polar surface area (TPSA) is 67.8 Å². The Labute approximate surface area is 123 Å². The molecule has 0 aromatic heterocycles. The van der Waals surface area contributed by atoms with E-state index in [9.17, 15) is 9.46 Å². The molecule has 20 heavy (non-hydrogen) atoms. The third-order valence-corrected chi connectivity index (χ3v) is 3.63. The predicted molar refractivity (Wildman–Crippen MR) is 77.4 cm³/mol. The van der Waals surface area contributed by atoms with Gasteiger partial charge in [0, 0.05) is 6.61 Å². The Hall–Kier alpha value is 0.0300. The Morgan fingerprint density at radius 3 is 2.20 bits per heavy atom. The Kier molecular flexibility index (Phi) is 10.7. The van der Waals surface area contributed by atoms with Gasteiger partial charge in [-0.1, -0.05) is 26.2 Å². The second-order valence-corrected chi connectivity index (χ2v) is 7.21. The molecular weight excluding hydrogens is 281 g/mol. The second-order valence-electron chi connectivity index (χ2n) is 5.80. The SMILES string of the molecule is CCCCCCOCCOP(=O)([O-])OCC[N+](C)(C)C. The molecule has 0 aliphatic carbocycles. The number of likely N-dealkylation sites (N-methyl/N-ethyl adjacent to an activating group) is 1. The molecule has 0 aliphatic heterocycles. The summed E-state index contributed by atoms with van der Waals surface area (Å²) in [7, 11) is 1.71. The number of quaternary nitrogens is 1. The molecule has 0 heterocycles. The van der Waals surface area contributed by atoms with Crippen LogP contribution in [0, 0.1) is 0 Å². The number of hydrogen-bond donors (Lipinski definition) is 0. The van der Waals surface area contributed by atoms with Crippen LogP contribution in [-0.4, -0.2) is 58.6 Å². The van der Waals surface area contributed by atoms with E-state index in [1.807, 2.05) is 21.1 Å². The van der Waals surface area contributed by atoms with E-state index in [0.717, 1.165) is 12.8 Å². The first-order chi connectivity index (χ1) is 9.27. The molecule has 0 saturated heterocycles. The molecule has 0 fully saturated rings. The van der Waals surface area contributed by atoms with E-state index in [1.54, 1.807) is 0 Å². The summed E-state index contributed by atoms with van der Waals surface area (Å²) in [5, 5.41) is 0. The molecule has 6 nitrogen and oxygen atoms in total. The van der Waals surface area contributed by atoms with Gasteiger partial charge in [0.1, 0.15) is 13.2 Å². The van der Waals surface area contributed by atoms with Gasteiger partial charge < -0.3 is 23.2 Å². The van der Waals surface area contributed by atoms with Crippen LogP contribution in [0.15, 0.2) is 0 Å². The molecule has 0 spiro atoms. The summed E-state index contributed by atoms with van der Waals surface area (Å²) >= 11 is 0. The average molecular weight is 311 g/mol. The zero-order chi connectivity index (χ0) is 15.5. The van der Waals surface area contributed by atoms with Crippen molar-refractivity contribution >= 4 is 7.82 Å². The van der Waals surface area contributed by atoms with Gasteiger partial charge in [-0.15, -0.1) is 0 Å². The molecule has 7 heteroatoms. The van der Waals surface area contributed by atoms with Gasteiger partial charge in [-0.05, 0) is 6.42 Å². The van der Waals surface area contributed by atoms with Crippen LogP contribution in [0.5, 0.6) is 0 Å². The van der Waals surface area contributed by atoms with Gasteiger partial charge in [0.15, 0.2) is 0 Å². The maximum absolute atomic E-state index is 11.4. The zero-order valence-corrected chi connectivity index (χ0v) is 14.2. The fourth-order valence-corrected chi connectivity index (χ4v) is 2.08. The van der Waals surface area contributed by atoms with E-state index in [0.29, 0.717) is 17.6 Å². The lowest BCUT2D eigenvalue weighted by Crippen LogP contribution is -2.37. The van der Waals surface area contributed by atoms with Crippen molar-refractivity contribution in [2.45, 2.75) is 32.6 Å². The molecule has 1 unspecified atom stereocenters. The minimum absolute atomic E-state index is 0.0128.